The zero-order valence-electron chi connectivity index (χ0n) is 21.5. The predicted molar refractivity (Wildman–Crippen MR) is 135 cm³/mol. The van der Waals surface area contributed by atoms with Gasteiger partial charge in [0.05, 0.1) is 17.2 Å². The van der Waals surface area contributed by atoms with Crippen LogP contribution < -0.4 is 5.32 Å². The monoisotopic (exact) mass is 520 g/mol. The largest absolute Gasteiger partial charge is 0.347 e. The van der Waals surface area contributed by atoms with Crippen LogP contribution in [0.3, 0.4) is 0 Å². The van der Waals surface area contributed by atoms with E-state index in [1.165, 1.54) is 24.2 Å². The molecule has 1 saturated carbocycles. The van der Waals surface area contributed by atoms with Gasteiger partial charge in [0.15, 0.2) is 0 Å². The van der Waals surface area contributed by atoms with Gasteiger partial charge in [-0.2, -0.15) is 0 Å². The highest BCUT2D eigenvalue weighted by Crippen LogP contribution is 2.42. The molecule has 5 rings (SSSR count). The molecule has 10 heteroatoms. The molecule has 2 saturated heterocycles. The highest BCUT2D eigenvalue weighted by atomic mass is 32.1. The third kappa shape index (κ3) is 5.35. The maximum absolute atomic E-state index is 13.6. The Bertz CT molecular complexity index is 1020. The number of fused-ring (bicyclic) bond motifs is 2. The molecule has 4 atom stereocenters. The van der Waals surface area contributed by atoms with Crippen LogP contribution in [0, 0.1) is 12.8 Å². The van der Waals surface area contributed by atoms with Gasteiger partial charge in [0, 0.05) is 54.7 Å². The summed E-state index contributed by atoms with van der Waals surface area (Å²) in [4.78, 5) is 20.1. The topological polar surface area (TPSA) is 75.9 Å². The first kappa shape index (κ1) is 25.7. The van der Waals surface area contributed by atoms with E-state index in [1.54, 1.807) is 5.51 Å². The Balaban J connectivity index is 1.22. The van der Waals surface area contributed by atoms with Crippen LogP contribution in [-0.2, 0) is 4.79 Å². The van der Waals surface area contributed by atoms with E-state index in [-0.39, 0.29) is 43.6 Å². The van der Waals surface area contributed by atoms with Gasteiger partial charge in [-0.25, -0.2) is 13.8 Å². The van der Waals surface area contributed by atoms with E-state index in [0.29, 0.717) is 24.0 Å². The molecule has 2 aromatic rings. The van der Waals surface area contributed by atoms with Crippen molar-refractivity contribution in [3.8, 4) is 0 Å². The van der Waals surface area contributed by atoms with Crippen molar-refractivity contribution in [2.75, 3.05) is 6.54 Å². The fourth-order valence-electron chi connectivity index (χ4n) is 6.61. The third-order valence-electron chi connectivity index (χ3n) is 8.52. The van der Waals surface area contributed by atoms with E-state index in [1.807, 2.05) is 5.38 Å². The zero-order chi connectivity index (χ0) is 25.4. The number of carbonyl (C=O) groups is 1. The summed E-state index contributed by atoms with van der Waals surface area (Å²) in [6, 6.07) is 1.28. The van der Waals surface area contributed by atoms with Gasteiger partial charge in [0.2, 0.25) is 11.8 Å². The predicted octanol–water partition coefficient (Wildman–Crippen LogP) is 5.41. The normalized spacial score (nSPS) is 27.4. The van der Waals surface area contributed by atoms with Gasteiger partial charge < -0.3 is 9.88 Å². The molecule has 2 aromatic heterocycles. The molecule has 198 valence electrons. The quantitative estimate of drug-likeness (QED) is 0.504. The molecule has 0 radical (unpaired) electrons. The summed E-state index contributed by atoms with van der Waals surface area (Å²) in [7, 11) is 0. The lowest BCUT2D eigenvalue weighted by atomic mass is 9.86. The lowest BCUT2D eigenvalue weighted by molar-refractivity contribution is -0.130. The van der Waals surface area contributed by atoms with Gasteiger partial charge in [-0.05, 0) is 51.9 Å². The number of alkyl halides is 2. The minimum Gasteiger partial charge on any atom is -0.347 e. The maximum atomic E-state index is 13.6. The summed E-state index contributed by atoms with van der Waals surface area (Å²) >= 11 is 1.52. The molecular weight excluding hydrogens is 482 g/mol. The van der Waals surface area contributed by atoms with Crippen LogP contribution in [0.1, 0.15) is 107 Å². The minimum absolute atomic E-state index is 0.102. The molecule has 4 heterocycles. The molecule has 2 bridgehead atoms. The molecule has 0 unspecified atom stereocenters. The van der Waals surface area contributed by atoms with Crippen LogP contribution in [0.5, 0.6) is 0 Å². The number of thiazole rings is 1. The first-order valence-electron chi connectivity index (χ1n) is 13.4. The molecule has 1 aliphatic carbocycles. The second kappa shape index (κ2) is 10.4. The highest BCUT2D eigenvalue weighted by molar-refractivity contribution is 7.07. The number of halogens is 2. The Hall–Kier alpha value is -1.94. The fraction of sp³-hybridized carbons (Fsp3) is 0.769. The zero-order valence-corrected chi connectivity index (χ0v) is 22.3. The second-order valence-corrected chi connectivity index (χ2v) is 12.0. The molecule has 36 heavy (non-hydrogen) atoms. The van der Waals surface area contributed by atoms with E-state index in [2.05, 4.69) is 50.7 Å². The van der Waals surface area contributed by atoms with Crippen molar-refractivity contribution in [1.82, 2.24) is 30.0 Å². The van der Waals surface area contributed by atoms with Crippen molar-refractivity contribution in [1.29, 1.82) is 0 Å². The summed E-state index contributed by atoms with van der Waals surface area (Å²) in [5.74, 6) is -0.632. The summed E-state index contributed by atoms with van der Waals surface area (Å²) in [6.45, 7) is 7.30. The van der Waals surface area contributed by atoms with E-state index in [9.17, 15) is 13.6 Å². The van der Waals surface area contributed by atoms with Crippen molar-refractivity contribution in [2.24, 2.45) is 5.92 Å². The Morgan fingerprint density at radius 3 is 2.44 bits per heavy atom. The van der Waals surface area contributed by atoms with Crippen molar-refractivity contribution in [2.45, 2.75) is 115 Å². The van der Waals surface area contributed by atoms with Gasteiger partial charge in [-0.3, -0.25) is 9.69 Å². The van der Waals surface area contributed by atoms with E-state index in [0.717, 1.165) is 43.1 Å². The number of aromatic nitrogens is 4. The fourth-order valence-corrected chi connectivity index (χ4v) is 7.22. The highest BCUT2D eigenvalue weighted by Gasteiger charge is 2.43. The SMILES string of the molecule is Cc1nnc(C(C)C)n1[C@@H]1C[C@H]2CC[C@@H](C1)N2CC[C@H](NC(=O)C1CCC(F)(F)CC1)c1cscn1. The van der Waals surface area contributed by atoms with Crippen molar-refractivity contribution in [3.63, 3.8) is 0 Å². The Labute approximate surface area is 216 Å². The van der Waals surface area contributed by atoms with Gasteiger partial charge in [0.1, 0.15) is 11.6 Å². The lowest BCUT2D eigenvalue weighted by Crippen LogP contribution is -2.45. The van der Waals surface area contributed by atoms with E-state index >= 15 is 0 Å². The molecule has 3 fully saturated rings. The number of nitrogens with one attached hydrogen (secondary N) is 1. The molecule has 1 N–H and O–H groups in total. The number of nitrogens with zero attached hydrogens (tertiary/aromatic N) is 5. The summed E-state index contributed by atoms with van der Waals surface area (Å²) in [5, 5.41) is 14.0. The van der Waals surface area contributed by atoms with Crippen molar-refractivity contribution < 1.29 is 13.6 Å². The van der Waals surface area contributed by atoms with Crippen LogP contribution in [0.25, 0.3) is 0 Å². The summed E-state index contributed by atoms with van der Waals surface area (Å²) in [6.07, 6.45) is 5.47. The van der Waals surface area contributed by atoms with E-state index < -0.39 is 5.92 Å². The number of aryl methyl sites for hydroxylation is 1. The third-order valence-corrected chi connectivity index (χ3v) is 9.13. The molecule has 0 spiro atoms. The second-order valence-electron chi connectivity index (χ2n) is 11.3. The average molecular weight is 521 g/mol. The van der Waals surface area contributed by atoms with Gasteiger partial charge >= 0.3 is 0 Å². The first-order chi connectivity index (χ1) is 17.2. The molecule has 7 nitrogen and oxygen atoms in total. The number of piperidine rings is 1. The van der Waals surface area contributed by atoms with Crippen LogP contribution in [0.2, 0.25) is 0 Å². The maximum Gasteiger partial charge on any atom is 0.248 e. The Morgan fingerprint density at radius 1 is 1.14 bits per heavy atom. The summed E-state index contributed by atoms with van der Waals surface area (Å²) in [5.41, 5.74) is 2.66. The first-order valence-corrected chi connectivity index (χ1v) is 14.4. The smallest absolute Gasteiger partial charge is 0.248 e. The Kier molecular flexibility index (Phi) is 7.45. The number of hydrogen-bond donors (Lipinski definition) is 1. The number of carbonyl (C=O) groups excluding carboxylic acids is 1. The minimum atomic E-state index is -2.63. The lowest BCUT2D eigenvalue weighted by Gasteiger charge is -2.40. The Morgan fingerprint density at radius 2 is 1.83 bits per heavy atom. The molecule has 0 aromatic carbocycles. The van der Waals surface area contributed by atoms with Gasteiger partial charge in [-0.15, -0.1) is 21.5 Å². The molecular formula is C26H38F2N6OS. The number of amides is 1. The van der Waals surface area contributed by atoms with Crippen LogP contribution in [-0.4, -0.2) is 55.1 Å². The van der Waals surface area contributed by atoms with E-state index in [4.69, 9.17) is 0 Å². The number of rotatable bonds is 8. The number of hydrogen-bond acceptors (Lipinski definition) is 6. The van der Waals surface area contributed by atoms with Gasteiger partial charge in [0.25, 0.3) is 0 Å². The average Bonchev–Trinajstić information content (AvgIpc) is 3.55. The molecule has 1 amide bonds. The molecule has 2 aliphatic heterocycles. The van der Waals surface area contributed by atoms with Crippen molar-refractivity contribution in [3.05, 3.63) is 28.2 Å². The van der Waals surface area contributed by atoms with Gasteiger partial charge in [-0.1, -0.05) is 13.8 Å². The van der Waals surface area contributed by atoms with Crippen molar-refractivity contribution >= 4 is 17.2 Å². The molecule has 3 aliphatic rings. The summed E-state index contributed by atoms with van der Waals surface area (Å²) < 4.78 is 29.5. The standard InChI is InChI=1S/C26H38F2N6OS/c1-16(2)24-32-31-17(3)34(24)21-12-19-4-5-20(13-21)33(19)11-8-22(23-14-36-15-29-23)30-25(35)18-6-9-26(27,28)10-7-18/h14-16,18-22H,4-13H2,1-3H3,(H,30,35)/t19-,20+,21-,22-/m0/s1. The van der Waals surface area contributed by atoms with Crippen LogP contribution >= 0.6 is 11.3 Å². The van der Waals surface area contributed by atoms with Crippen LogP contribution in [0.15, 0.2) is 10.9 Å². The van der Waals surface area contributed by atoms with Crippen LogP contribution in [0.4, 0.5) is 8.78 Å².